The summed E-state index contributed by atoms with van der Waals surface area (Å²) in [7, 11) is 0. The molecule has 0 unspecified atom stereocenters. The fourth-order valence-electron chi connectivity index (χ4n) is 1.66. The molecule has 0 amide bonds. The van der Waals surface area contributed by atoms with Crippen LogP contribution in [0.1, 0.15) is 5.56 Å². The lowest BCUT2D eigenvalue weighted by Gasteiger charge is -2.10. The molecule has 5 N–H and O–H groups in total. The summed E-state index contributed by atoms with van der Waals surface area (Å²) >= 11 is 8.81. The lowest BCUT2D eigenvalue weighted by atomic mass is 10.1. The molecule has 22 heavy (non-hydrogen) atoms. The maximum Gasteiger partial charge on any atom is 0.211 e. The van der Waals surface area contributed by atoms with Gasteiger partial charge >= 0.3 is 0 Å². The zero-order valence-corrected chi connectivity index (χ0v) is 13.9. The minimum atomic E-state index is -0.125. The molecule has 2 rings (SSSR count). The molecule has 2 aromatic carbocycles. The summed E-state index contributed by atoms with van der Waals surface area (Å²) in [6.45, 7) is 0. The summed E-state index contributed by atoms with van der Waals surface area (Å²) < 4.78 is 0.987. The molecule has 0 aromatic heterocycles. The average Bonchev–Trinajstić information content (AvgIpc) is 2.50. The highest BCUT2D eigenvalue weighted by atomic mass is 79.9. The Balaban J connectivity index is 2.29. The Bertz CT molecular complexity index is 706. The van der Waals surface area contributed by atoms with Gasteiger partial charge in [-0.05, 0) is 24.3 Å². The van der Waals surface area contributed by atoms with Gasteiger partial charge < -0.3 is 16.8 Å². The fraction of sp³-hybridized carbons (Fsp3) is 0. The summed E-state index contributed by atoms with van der Waals surface area (Å²) in [5.74, 6) is -0.125. The molecule has 0 aliphatic rings. The Hall–Kier alpha value is -2.25. The Kier molecular flexibility index (Phi) is 5.62. The summed E-state index contributed by atoms with van der Waals surface area (Å²) in [5, 5.41) is 10.9. The third kappa shape index (κ3) is 4.64. The van der Waals surface area contributed by atoms with Gasteiger partial charge in [-0.15, -0.1) is 10.2 Å². The number of guanidine groups is 1. The zero-order valence-electron chi connectivity index (χ0n) is 11.5. The highest BCUT2D eigenvalue weighted by Crippen LogP contribution is 2.15. The van der Waals surface area contributed by atoms with Gasteiger partial charge in [0.05, 0.1) is 0 Å². The van der Waals surface area contributed by atoms with Crippen molar-refractivity contribution in [3.05, 3.63) is 64.6 Å². The van der Waals surface area contributed by atoms with Crippen LogP contribution in [0.25, 0.3) is 0 Å². The molecule has 0 radical (unpaired) electrons. The monoisotopic (exact) mass is 375 g/mol. The van der Waals surface area contributed by atoms with E-state index in [9.17, 15) is 0 Å². The average molecular weight is 376 g/mol. The van der Waals surface area contributed by atoms with Crippen LogP contribution >= 0.6 is 28.1 Å². The van der Waals surface area contributed by atoms with Crippen LogP contribution in [0.4, 0.5) is 5.69 Å². The number of rotatable bonds is 4. The number of hydrogen-bond donors (Lipinski definition) is 3. The predicted octanol–water partition coefficient (Wildman–Crippen LogP) is 2.87. The first-order valence-corrected chi connectivity index (χ1v) is 7.55. The number of nitrogens with zero attached hydrogens (tertiary/aromatic N) is 2. The van der Waals surface area contributed by atoms with E-state index in [-0.39, 0.29) is 5.96 Å². The first-order chi connectivity index (χ1) is 10.6. The molecular formula is C15H14BrN5S. The van der Waals surface area contributed by atoms with Crippen LogP contribution in [-0.4, -0.2) is 16.7 Å². The third-order valence-electron chi connectivity index (χ3n) is 2.63. The van der Waals surface area contributed by atoms with Crippen LogP contribution in [0.5, 0.6) is 0 Å². The predicted molar refractivity (Wildman–Crippen MR) is 99.2 cm³/mol. The second kappa shape index (κ2) is 7.67. The van der Waals surface area contributed by atoms with E-state index in [1.165, 1.54) is 0 Å². The molecule has 0 saturated carbocycles. The minimum Gasteiger partial charge on any atom is -0.369 e. The molecule has 0 aliphatic carbocycles. The van der Waals surface area contributed by atoms with Crippen molar-refractivity contribution in [2.45, 2.75) is 0 Å². The van der Waals surface area contributed by atoms with Crippen molar-refractivity contribution in [2.75, 3.05) is 5.32 Å². The summed E-state index contributed by atoms with van der Waals surface area (Å²) in [6, 6.07) is 17.1. The van der Waals surface area contributed by atoms with Crippen LogP contribution in [0.15, 0.2) is 69.3 Å². The van der Waals surface area contributed by atoms with Gasteiger partial charge in [0.25, 0.3) is 0 Å². The Labute approximate surface area is 142 Å². The Morgan fingerprint density at radius 3 is 2.18 bits per heavy atom. The molecular weight excluding hydrogens is 362 g/mol. The number of hydrogen-bond acceptors (Lipinski definition) is 3. The molecule has 0 atom stereocenters. The maximum absolute atomic E-state index is 5.42. The van der Waals surface area contributed by atoms with Crippen molar-refractivity contribution < 1.29 is 0 Å². The van der Waals surface area contributed by atoms with Crippen molar-refractivity contribution in [3.63, 3.8) is 0 Å². The van der Waals surface area contributed by atoms with Gasteiger partial charge in [0.1, 0.15) is 10.7 Å². The fourth-order valence-corrected chi connectivity index (χ4v) is 2.20. The first-order valence-electron chi connectivity index (χ1n) is 6.35. The quantitative estimate of drug-likeness (QED) is 0.331. The molecule has 0 fully saturated rings. The normalized spacial score (nSPS) is 10.9. The number of anilines is 1. The Morgan fingerprint density at radius 2 is 1.59 bits per heavy atom. The second-order valence-corrected chi connectivity index (χ2v) is 5.62. The van der Waals surface area contributed by atoms with Crippen LogP contribution in [-0.2, 0) is 0 Å². The molecule has 0 aliphatic heterocycles. The van der Waals surface area contributed by atoms with Crippen molar-refractivity contribution in [1.29, 1.82) is 0 Å². The van der Waals surface area contributed by atoms with Gasteiger partial charge in [-0.2, -0.15) is 0 Å². The number of halogens is 1. The largest absolute Gasteiger partial charge is 0.369 e. The van der Waals surface area contributed by atoms with Gasteiger partial charge in [-0.1, -0.05) is 58.5 Å². The summed E-state index contributed by atoms with van der Waals surface area (Å²) in [5.41, 5.74) is 12.8. The van der Waals surface area contributed by atoms with E-state index in [1.807, 2.05) is 54.6 Å². The van der Waals surface area contributed by atoms with Gasteiger partial charge in [0, 0.05) is 15.7 Å². The molecule has 0 heterocycles. The van der Waals surface area contributed by atoms with E-state index in [4.69, 9.17) is 23.7 Å². The molecule has 0 spiro atoms. The molecule has 2 aromatic rings. The van der Waals surface area contributed by atoms with E-state index in [0.717, 1.165) is 15.7 Å². The standard InChI is InChI=1S/C15H14BrN5S/c16-11-6-8-12(9-7-11)19-14(22)13(20-21-15(17)18)10-4-2-1-3-5-10/h1-9H,(H,19,22)(H4,17,18,21). The van der Waals surface area contributed by atoms with Gasteiger partial charge in [0.15, 0.2) is 0 Å². The molecule has 0 saturated heterocycles. The summed E-state index contributed by atoms with van der Waals surface area (Å²) in [4.78, 5) is 0.429. The Morgan fingerprint density at radius 1 is 0.955 bits per heavy atom. The molecule has 0 bridgehead atoms. The topological polar surface area (TPSA) is 88.8 Å². The molecule has 5 nitrogen and oxygen atoms in total. The lowest BCUT2D eigenvalue weighted by Crippen LogP contribution is -2.24. The third-order valence-corrected chi connectivity index (χ3v) is 3.45. The highest BCUT2D eigenvalue weighted by Gasteiger charge is 2.10. The van der Waals surface area contributed by atoms with Gasteiger partial charge in [-0.3, -0.25) is 0 Å². The SMILES string of the molecule is NC(N)=NN=C(C(=S)Nc1ccc(Br)cc1)c1ccccc1. The van der Waals surface area contributed by atoms with E-state index in [0.29, 0.717) is 10.7 Å². The second-order valence-electron chi connectivity index (χ2n) is 4.30. The highest BCUT2D eigenvalue weighted by molar-refractivity contribution is 9.10. The van der Waals surface area contributed by atoms with Crippen LogP contribution in [0.2, 0.25) is 0 Å². The van der Waals surface area contributed by atoms with E-state index < -0.39 is 0 Å². The number of thiocarbonyl (C=S) groups is 1. The number of nitrogens with one attached hydrogen (secondary N) is 1. The van der Waals surface area contributed by atoms with Crippen molar-refractivity contribution in [1.82, 2.24) is 0 Å². The van der Waals surface area contributed by atoms with Crippen LogP contribution in [0.3, 0.4) is 0 Å². The van der Waals surface area contributed by atoms with Crippen LogP contribution < -0.4 is 16.8 Å². The maximum atomic E-state index is 5.42. The number of benzene rings is 2. The van der Waals surface area contributed by atoms with Gasteiger partial charge in [0.2, 0.25) is 5.96 Å². The smallest absolute Gasteiger partial charge is 0.211 e. The van der Waals surface area contributed by atoms with Crippen LogP contribution in [0, 0.1) is 0 Å². The summed E-state index contributed by atoms with van der Waals surface area (Å²) in [6.07, 6.45) is 0. The lowest BCUT2D eigenvalue weighted by molar-refractivity contribution is 1.21. The van der Waals surface area contributed by atoms with E-state index >= 15 is 0 Å². The number of nitrogens with two attached hydrogens (primary N) is 2. The van der Waals surface area contributed by atoms with Gasteiger partial charge in [-0.25, -0.2) is 0 Å². The van der Waals surface area contributed by atoms with E-state index in [1.54, 1.807) is 0 Å². The van der Waals surface area contributed by atoms with Crippen molar-refractivity contribution in [2.24, 2.45) is 21.7 Å². The van der Waals surface area contributed by atoms with E-state index in [2.05, 4.69) is 31.4 Å². The van der Waals surface area contributed by atoms with Crippen molar-refractivity contribution >= 4 is 50.5 Å². The molecule has 112 valence electrons. The molecule has 7 heteroatoms. The van der Waals surface area contributed by atoms with Crippen molar-refractivity contribution in [3.8, 4) is 0 Å². The minimum absolute atomic E-state index is 0.125. The zero-order chi connectivity index (χ0) is 15.9. The first kappa shape index (κ1) is 16.1.